The summed E-state index contributed by atoms with van der Waals surface area (Å²) in [6, 6.07) is 7.76. The molecule has 1 aliphatic rings. The zero-order valence-electron chi connectivity index (χ0n) is 10.6. The van der Waals surface area contributed by atoms with E-state index >= 15 is 0 Å². The number of hydrogen-bond donors (Lipinski definition) is 1. The van der Waals surface area contributed by atoms with Gasteiger partial charge >= 0.3 is 0 Å². The van der Waals surface area contributed by atoms with Crippen molar-refractivity contribution < 1.29 is 5.11 Å². The van der Waals surface area contributed by atoms with E-state index in [0.717, 1.165) is 30.3 Å². The van der Waals surface area contributed by atoms with Gasteiger partial charge in [0.1, 0.15) is 5.75 Å². The first kappa shape index (κ1) is 11.1. The maximum absolute atomic E-state index is 9.87. The first-order valence-electron chi connectivity index (χ1n) is 6.39. The number of aromatic nitrogens is 1. The first-order chi connectivity index (χ1) is 8.75. The van der Waals surface area contributed by atoms with Gasteiger partial charge in [0.2, 0.25) is 0 Å². The van der Waals surface area contributed by atoms with E-state index in [9.17, 15) is 5.11 Å². The highest BCUT2D eigenvalue weighted by Gasteiger charge is 2.09. The lowest BCUT2D eigenvalue weighted by molar-refractivity contribution is 0.481. The Labute approximate surface area is 107 Å². The molecule has 0 radical (unpaired) electrons. The zero-order valence-corrected chi connectivity index (χ0v) is 10.6. The summed E-state index contributed by atoms with van der Waals surface area (Å²) in [6.07, 6.45) is 9.02. The fraction of sp³-hybridized carbons (Fsp3) is 0.250. The Kier molecular flexibility index (Phi) is 2.71. The van der Waals surface area contributed by atoms with E-state index in [4.69, 9.17) is 0 Å². The fourth-order valence-electron chi connectivity index (χ4n) is 2.58. The minimum atomic E-state index is 0.363. The maximum atomic E-state index is 9.87. The van der Waals surface area contributed by atoms with Crippen molar-refractivity contribution in [1.29, 1.82) is 0 Å². The number of phenolic OH excluding ortho intramolecular Hbond substituents is 1. The minimum absolute atomic E-state index is 0.363. The van der Waals surface area contributed by atoms with Gasteiger partial charge in [0.05, 0.1) is 5.52 Å². The molecule has 0 bridgehead atoms. The summed E-state index contributed by atoms with van der Waals surface area (Å²) in [5, 5.41) is 10.8. The number of hydrogen-bond acceptors (Lipinski definition) is 1. The Hall–Kier alpha value is -1.96. The summed E-state index contributed by atoms with van der Waals surface area (Å²) in [5.41, 5.74) is 3.64. The average Bonchev–Trinajstić information content (AvgIpc) is 2.70. The number of aryl methyl sites for hydroxylation is 1. The molecule has 0 atom stereocenters. The highest BCUT2D eigenvalue weighted by Crippen LogP contribution is 2.28. The molecule has 0 saturated heterocycles. The third-order valence-electron chi connectivity index (χ3n) is 3.54. The summed E-state index contributed by atoms with van der Waals surface area (Å²) < 4.78 is 2.26. The predicted octanol–water partition coefficient (Wildman–Crippen LogP) is 3.93. The van der Waals surface area contributed by atoms with Crippen molar-refractivity contribution in [3.63, 3.8) is 0 Å². The normalized spacial score (nSPS) is 15.1. The second kappa shape index (κ2) is 4.37. The van der Waals surface area contributed by atoms with Gasteiger partial charge in [-0.05, 0) is 43.5 Å². The van der Waals surface area contributed by atoms with E-state index in [1.165, 1.54) is 11.3 Å². The summed E-state index contributed by atoms with van der Waals surface area (Å²) in [4.78, 5) is 0. The number of benzene rings is 1. The molecule has 2 heteroatoms. The Balaban J connectivity index is 2.06. The number of aromatic hydroxyl groups is 1. The molecule has 92 valence electrons. The van der Waals surface area contributed by atoms with Crippen LogP contribution in [0.1, 0.15) is 18.5 Å². The van der Waals surface area contributed by atoms with Crippen LogP contribution in [0.25, 0.3) is 10.9 Å². The molecule has 3 rings (SSSR count). The molecule has 0 saturated carbocycles. The fourth-order valence-corrected chi connectivity index (χ4v) is 2.58. The largest absolute Gasteiger partial charge is 0.507 e. The van der Waals surface area contributed by atoms with E-state index in [1.54, 1.807) is 6.07 Å². The molecule has 0 aliphatic heterocycles. The van der Waals surface area contributed by atoms with E-state index in [-0.39, 0.29) is 0 Å². The van der Waals surface area contributed by atoms with Gasteiger partial charge in [-0.25, -0.2) is 0 Å². The monoisotopic (exact) mass is 239 g/mol. The van der Waals surface area contributed by atoms with Crippen molar-refractivity contribution >= 4 is 10.9 Å². The second-order valence-electron chi connectivity index (χ2n) is 4.84. The number of allylic oxidation sites excluding steroid dienone is 4. The molecule has 0 fully saturated rings. The summed E-state index contributed by atoms with van der Waals surface area (Å²) in [5.74, 6) is 0.363. The van der Waals surface area contributed by atoms with Crippen molar-refractivity contribution in [3.05, 3.63) is 53.8 Å². The van der Waals surface area contributed by atoms with Gasteiger partial charge in [0.25, 0.3) is 0 Å². The van der Waals surface area contributed by atoms with Crippen LogP contribution in [0.5, 0.6) is 5.75 Å². The highest BCUT2D eigenvalue weighted by atomic mass is 16.3. The molecule has 1 N–H and O–H groups in total. The van der Waals surface area contributed by atoms with Gasteiger partial charge in [-0.3, -0.25) is 0 Å². The minimum Gasteiger partial charge on any atom is -0.507 e. The Morgan fingerprint density at radius 3 is 2.94 bits per heavy atom. The van der Waals surface area contributed by atoms with Crippen molar-refractivity contribution in [2.45, 2.75) is 26.3 Å². The van der Waals surface area contributed by atoms with Crippen LogP contribution in [0, 0.1) is 6.92 Å². The van der Waals surface area contributed by atoms with Crippen molar-refractivity contribution in [1.82, 2.24) is 4.57 Å². The van der Waals surface area contributed by atoms with Gasteiger partial charge in [0, 0.05) is 17.6 Å². The summed E-state index contributed by atoms with van der Waals surface area (Å²) >= 11 is 0. The Morgan fingerprint density at radius 1 is 1.28 bits per heavy atom. The first-order valence-corrected chi connectivity index (χ1v) is 6.39. The SMILES string of the molecule is Cc1cc2c(O)cccc2n1CC1=CCCC=C1. The van der Waals surface area contributed by atoms with Crippen LogP contribution in [-0.2, 0) is 6.54 Å². The Bertz CT molecular complexity index is 646. The predicted molar refractivity (Wildman–Crippen MR) is 74.8 cm³/mol. The smallest absolute Gasteiger partial charge is 0.124 e. The maximum Gasteiger partial charge on any atom is 0.124 e. The molecule has 2 aromatic rings. The number of fused-ring (bicyclic) bond motifs is 1. The van der Waals surface area contributed by atoms with E-state index in [1.807, 2.05) is 6.07 Å². The van der Waals surface area contributed by atoms with E-state index < -0.39 is 0 Å². The lowest BCUT2D eigenvalue weighted by Gasteiger charge is -2.11. The third kappa shape index (κ3) is 1.84. The molecular formula is C16H17NO. The van der Waals surface area contributed by atoms with Crippen LogP contribution in [0.2, 0.25) is 0 Å². The lowest BCUT2D eigenvalue weighted by atomic mass is 10.1. The summed E-state index contributed by atoms with van der Waals surface area (Å²) in [7, 11) is 0. The molecule has 1 aromatic carbocycles. The average molecular weight is 239 g/mol. The standard InChI is InChI=1S/C16H17NO/c1-12-10-14-15(8-5-9-16(14)18)17(12)11-13-6-3-2-4-7-13/h3,5-10,18H,2,4,11H2,1H3. The molecule has 2 nitrogen and oxygen atoms in total. The second-order valence-corrected chi connectivity index (χ2v) is 4.84. The lowest BCUT2D eigenvalue weighted by Crippen LogP contribution is -2.02. The molecule has 0 amide bonds. The number of rotatable bonds is 2. The zero-order chi connectivity index (χ0) is 12.5. The number of nitrogens with zero attached hydrogens (tertiary/aromatic N) is 1. The molecule has 1 heterocycles. The van der Waals surface area contributed by atoms with Crippen LogP contribution in [-0.4, -0.2) is 9.67 Å². The topological polar surface area (TPSA) is 25.2 Å². The van der Waals surface area contributed by atoms with Gasteiger partial charge < -0.3 is 9.67 Å². The third-order valence-corrected chi connectivity index (χ3v) is 3.54. The van der Waals surface area contributed by atoms with Crippen LogP contribution in [0.15, 0.2) is 48.1 Å². The van der Waals surface area contributed by atoms with Gasteiger partial charge in [-0.15, -0.1) is 0 Å². The Morgan fingerprint density at radius 2 is 2.17 bits per heavy atom. The quantitative estimate of drug-likeness (QED) is 0.844. The van der Waals surface area contributed by atoms with Crippen LogP contribution >= 0.6 is 0 Å². The highest BCUT2D eigenvalue weighted by molar-refractivity contribution is 5.87. The summed E-state index contributed by atoms with van der Waals surface area (Å²) in [6.45, 7) is 2.97. The van der Waals surface area contributed by atoms with Crippen LogP contribution in [0.4, 0.5) is 0 Å². The molecule has 0 spiro atoms. The van der Waals surface area contributed by atoms with E-state index in [0.29, 0.717) is 5.75 Å². The van der Waals surface area contributed by atoms with Gasteiger partial charge in [0.15, 0.2) is 0 Å². The number of phenols is 1. The molecule has 0 unspecified atom stereocenters. The molecule has 1 aliphatic carbocycles. The molecular weight excluding hydrogens is 222 g/mol. The van der Waals surface area contributed by atoms with Crippen LogP contribution in [0.3, 0.4) is 0 Å². The van der Waals surface area contributed by atoms with Crippen molar-refractivity contribution in [2.75, 3.05) is 0 Å². The van der Waals surface area contributed by atoms with Crippen molar-refractivity contribution in [2.24, 2.45) is 0 Å². The molecule has 1 aromatic heterocycles. The van der Waals surface area contributed by atoms with Gasteiger partial charge in [-0.1, -0.05) is 24.3 Å². The van der Waals surface area contributed by atoms with Crippen molar-refractivity contribution in [3.8, 4) is 5.75 Å². The van der Waals surface area contributed by atoms with Gasteiger partial charge in [-0.2, -0.15) is 0 Å². The van der Waals surface area contributed by atoms with E-state index in [2.05, 4.69) is 41.9 Å². The van der Waals surface area contributed by atoms with Crippen LogP contribution < -0.4 is 0 Å². The molecule has 18 heavy (non-hydrogen) atoms.